The highest BCUT2D eigenvalue weighted by Crippen LogP contribution is 2.19. The van der Waals surface area contributed by atoms with Gasteiger partial charge in [-0.3, -0.25) is 15.1 Å². The van der Waals surface area contributed by atoms with E-state index in [9.17, 15) is 4.79 Å². The Labute approximate surface area is 120 Å². The van der Waals surface area contributed by atoms with Crippen LogP contribution in [0.3, 0.4) is 0 Å². The molecule has 1 aromatic rings. The number of amides is 1. The summed E-state index contributed by atoms with van der Waals surface area (Å²) >= 11 is 0. The zero-order valence-electron chi connectivity index (χ0n) is 12.1. The van der Waals surface area contributed by atoms with Crippen LogP contribution in [0.1, 0.15) is 36.2 Å². The second-order valence-corrected chi connectivity index (χ2v) is 5.27. The van der Waals surface area contributed by atoms with E-state index in [-0.39, 0.29) is 12.0 Å². The molecule has 2 atom stereocenters. The third-order valence-electron chi connectivity index (χ3n) is 3.82. The van der Waals surface area contributed by atoms with E-state index in [0.717, 1.165) is 31.7 Å². The van der Waals surface area contributed by atoms with E-state index in [1.165, 1.54) is 0 Å². The maximum Gasteiger partial charge on any atom is 0.265 e. The highest BCUT2D eigenvalue weighted by Gasteiger charge is 2.26. The van der Waals surface area contributed by atoms with Gasteiger partial charge in [0.05, 0.1) is 12.7 Å². The fraction of sp³-hybridized carbons (Fsp3) is 0.533. The van der Waals surface area contributed by atoms with Crippen LogP contribution < -0.4 is 11.3 Å². The summed E-state index contributed by atoms with van der Waals surface area (Å²) in [4.78, 5) is 14.2. The van der Waals surface area contributed by atoms with Crippen molar-refractivity contribution < 1.29 is 9.53 Å². The van der Waals surface area contributed by atoms with Gasteiger partial charge in [-0.05, 0) is 25.0 Å². The topological polar surface area (TPSA) is 67.6 Å². The number of carbonyl (C=O) groups excluding carboxylic acids is 1. The van der Waals surface area contributed by atoms with E-state index in [0.29, 0.717) is 11.6 Å². The minimum atomic E-state index is -0.241. The molecule has 0 spiro atoms. The van der Waals surface area contributed by atoms with Gasteiger partial charge in [-0.15, -0.1) is 0 Å². The van der Waals surface area contributed by atoms with Gasteiger partial charge >= 0.3 is 0 Å². The number of rotatable bonds is 4. The lowest BCUT2D eigenvalue weighted by Gasteiger charge is -2.38. The molecule has 1 amide bonds. The predicted molar refractivity (Wildman–Crippen MR) is 78.0 cm³/mol. The van der Waals surface area contributed by atoms with Crippen molar-refractivity contribution in [1.29, 1.82) is 0 Å². The molecule has 2 rings (SSSR count). The average Bonchev–Trinajstić information content (AvgIpc) is 2.47. The third-order valence-corrected chi connectivity index (χ3v) is 3.82. The summed E-state index contributed by atoms with van der Waals surface area (Å²) in [5.41, 5.74) is 3.86. The van der Waals surface area contributed by atoms with Crippen molar-refractivity contribution >= 4 is 5.91 Å². The number of nitrogens with two attached hydrogens (primary N) is 1. The van der Waals surface area contributed by atoms with Crippen LogP contribution in [0.4, 0.5) is 0 Å². The number of carbonyl (C=O) groups is 1. The van der Waals surface area contributed by atoms with Crippen molar-refractivity contribution in [3.05, 3.63) is 35.4 Å². The van der Waals surface area contributed by atoms with Crippen LogP contribution in [0.25, 0.3) is 0 Å². The van der Waals surface area contributed by atoms with Crippen molar-refractivity contribution in [1.82, 2.24) is 10.3 Å². The Morgan fingerprint density at radius 3 is 2.95 bits per heavy atom. The Morgan fingerprint density at radius 2 is 2.25 bits per heavy atom. The summed E-state index contributed by atoms with van der Waals surface area (Å²) in [6.07, 6.45) is 1.27. The van der Waals surface area contributed by atoms with Crippen LogP contribution in [0.2, 0.25) is 0 Å². The zero-order valence-corrected chi connectivity index (χ0v) is 12.1. The van der Waals surface area contributed by atoms with Gasteiger partial charge in [-0.1, -0.05) is 25.1 Å². The first-order valence-corrected chi connectivity index (χ1v) is 7.10. The molecular formula is C15H23N3O2. The van der Waals surface area contributed by atoms with Crippen molar-refractivity contribution in [2.24, 2.45) is 5.84 Å². The normalized spacial score (nSPS) is 23.6. The number of nitrogens with one attached hydrogen (secondary N) is 1. The smallest absolute Gasteiger partial charge is 0.265 e. The molecule has 1 fully saturated rings. The maximum absolute atomic E-state index is 11.8. The Kier molecular flexibility index (Phi) is 5.11. The molecule has 2 unspecified atom stereocenters. The van der Waals surface area contributed by atoms with E-state index < -0.39 is 0 Å². The summed E-state index contributed by atoms with van der Waals surface area (Å²) in [5.74, 6) is 5.01. The fourth-order valence-electron chi connectivity index (χ4n) is 2.66. The number of nitrogens with zero attached hydrogens (tertiary/aromatic N) is 1. The summed E-state index contributed by atoms with van der Waals surface area (Å²) in [6.45, 7) is 6.63. The van der Waals surface area contributed by atoms with Crippen LogP contribution in [0, 0.1) is 0 Å². The summed E-state index contributed by atoms with van der Waals surface area (Å²) in [5, 5.41) is 0. The molecule has 1 aliphatic heterocycles. The van der Waals surface area contributed by atoms with Gasteiger partial charge in [0.1, 0.15) is 0 Å². The molecular weight excluding hydrogens is 254 g/mol. The first kappa shape index (κ1) is 15.0. The van der Waals surface area contributed by atoms with Gasteiger partial charge < -0.3 is 4.74 Å². The van der Waals surface area contributed by atoms with Gasteiger partial charge in [0.15, 0.2) is 0 Å². The molecule has 0 aliphatic carbocycles. The number of hydrogen-bond acceptors (Lipinski definition) is 4. The van der Waals surface area contributed by atoms with E-state index in [1.54, 1.807) is 0 Å². The largest absolute Gasteiger partial charge is 0.376 e. The Bertz CT molecular complexity index is 464. The lowest BCUT2D eigenvalue weighted by molar-refractivity contribution is -0.0592. The molecule has 110 valence electrons. The lowest BCUT2D eigenvalue weighted by atomic mass is 10.0. The molecule has 5 nitrogen and oxygen atoms in total. The number of hydrazine groups is 1. The first-order valence-electron chi connectivity index (χ1n) is 7.10. The van der Waals surface area contributed by atoms with Crippen molar-refractivity contribution in [2.75, 3.05) is 13.2 Å². The quantitative estimate of drug-likeness (QED) is 0.494. The average molecular weight is 277 g/mol. The van der Waals surface area contributed by atoms with Crippen LogP contribution in [-0.4, -0.2) is 36.1 Å². The molecule has 5 heteroatoms. The molecule has 3 N–H and O–H groups in total. The van der Waals surface area contributed by atoms with E-state index in [2.05, 4.69) is 24.2 Å². The summed E-state index contributed by atoms with van der Waals surface area (Å²) < 4.78 is 5.71. The Hall–Kier alpha value is -1.43. The van der Waals surface area contributed by atoms with E-state index >= 15 is 0 Å². The van der Waals surface area contributed by atoms with Crippen LogP contribution in [0.15, 0.2) is 24.3 Å². The van der Waals surface area contributed by atoms with Crippen molar-refractivity contribution in [2.45, 2.75) is 39.0 Å². The van der Waals surface area contributed by atoms with Gasteiger partial charge in [0.2, 0.25) is 0 Å². The van der Waals surface area contributed by atoms with Gasteiger partial charge in [-0.25, -0.2) is 5.84 Å². The molecule has 1 saturated heterocycles. The summed E-state index contributed by atoms with van der Waals surface area (Å²) in [7, 11) is 0. The van der Waals surface area contributed by atoms with Crippen LogP contribution in [-0.2, 0) is 11.3 Å². The molecule has 1 heterocycles. The van der Waals surface area contributed by atoms with Gasteiger partial charge in [0.25, 0.3) is 5.91 Å². The van der Waals surface area contributed by atoms with Crippen molar-refractivity contribution in [3.8, 4) is 0 Å². The Morgan fingerprint density at radius 1 is 1.50 bits per heavy atom. The highest BCUT2D eigenvalue weighted by atomic mass is 16.5. The van der Waals surface area contributed by atoms with Crippen LogP contribution in [0.5, 0.6) is 0 Å². The van der Waals surface area contributed by atoms with E-state index in [4.69, 9.17) is 10.6 Å². The third kappa shape index (κ3) is 3.36. The minimum absolute atomic E-state index is 0.230. The Balaban J connectivity index is 2.17. The van der Waals surface area contributed by atoms with Crippen molar-refractivity contribution in [3.63, 3.8) is 0 Å². The minimum Gasteiger partial charge on any atom is -0.376 e. The molecule has 20 heavy (non-hydrogen) atoms. The maximum atomic E-state index is 11.8. The molecule has 0 radical (unpaired) electrons. The fourth-order valence-corrected chi connectivity index (χ4v) is 2.66. The first-order chi connectivity index (χ1) is 9.65. The van der Waals surface area contributed by atoms with Gasteiger partial charge in [-0.2, -0.15) is 0 Å². The lowest BCUT2D eigenvalue weighted by Crippen LogP contribution is -2.48. The molecule has 1 aliphatic rings. The number of ether oxygens (including phenoxy) is 1. The van der Waals surface area contributed by atoms with Crippen LogP contribution >= 0.6 is 0 Å². The number of nitrogen functional groups attached to an aromatic ring is 1. The van der Waals surface area contributed by atoms with E-state index in [1.807, 2.05) is 24.3 Å². The second-order valence-electron chi connectivity index (χ2n) is 5.27. The molecule has 0 saturated carbocycles. The number of hydrogen-bond donors (Lipinski definition) is 2. The summed E-state index contributed by atoms with van der Waals surface area (Å²) in [6, 6.07) is 8.00. The predicted octanol–water partition coefficient (Wildman–Crippen LogP) is 1.29. The molecule has 0 aromatic heterocycles. The standard InChI is InChI=1S/C15H23N3O2/c1-3-13-10-20-11(2)8-18(13)9-12-6-4-5-7-14(12)15(19)17-16/h4-7,11,13H,3,8-10,16H2,1-2H3,(H,17,19). The number of morpholine rings is 1. The highest BCUT2D eigenvalue weighted by molar-refractivity contribution is 5.95. The zero-order chi connectivity index (χ0) is 14.5. The molecule has 1 aromatic carbocycles. The SMILES string of the molecule is CCC1COC(C)CN1Cc1ccccc1C(=O)NN. The van der Waals surface area contributed by atoms with Gasteiger partial charge in [0, 0.05) is 24.7 Å². The second kappa shape index (κ2) is 6.83. The monoisotopic (exact) mass is 277 g/mol. The number of benzene rings is 1. The molecule has 0 bridgehead atoms.